The molecule has 18 heavy (non-hydrogen) atoms. The van der Waals surface area contributed by atoms with Gasteiger partial charge in [-0.25, -0.2) is 4.79 Å². The number of fused-ring (bicyclic) bond motifs is 1. The number of thiophene rings is 1. The van der Waals surface area contributed by atoms with Crippen LogP contribution in [0.3, 0.4) is 0 Å². The average Bonchev–Trinajstić information content (AvgIpc) is 2.79. The smallest absolute Gasteiger partial charge is 0.348 e. The summed E-state index contributed by atoms with van der Waals surface area (Å²) in [7, 11) is 0. The Hall–Kier alpha value is -1.59. The Kier molecular flexibility index (Phi) is 4.17. The normalized spacial score (nSPS) is 10.6. The van der Waals surface area contributed by atoms with Crippen molar-refractivity contribution in [3.05, 3.63) is 29.1 Å². The third-order valence-electron chi connectivity index (χ3n) is 2.44. The van der Waals surface area contributed by atoms with E-state index in [0.717, 1.165) is 15.8 Å². The maximum Gasteiger partial charge on any atom is 0.348 e. The van der Waals surface area contributed by atoms with Gasteiger partial charge in [0.2, 0.25) is 0 Å². The van der Waals surface area contributed by atoms with Crippen LogP contribution < -0.4 is 5.32 Å². The summed E-state index contributed by atoms with van der Waals surface area (Å²) in [6.45, 7) is 2.79. The fourth-order valence-corrected chi connectivity index (χ4v) is 2.64. The lowest BCUT2D eigenvalue weighted by molar-refractivity contribution is 0.0532. The number of benzene rings is 1. The topological polar surface area (TPSA) is 58.6 Å². The van der Waals surface area contributed by atoms with Gasteiger partial charge in [0.15, 0.2) is 0 Å². The van der Waals surface area contributed by atoms with E-state index in [0.29, 0.717) is 18.0 Å². The monoisotopic (exact) mass is 265 g/mol. The molecule has 0 unspecified atom stereocenters. The second-order valence-electron chi connectivity index (χ2n) is 3.73. The molecule has 0 saturated carbocycles. The number of carbonyl (C=O) groups is 1. The van der Waals surface area contributed by atoms with E-state index in [1.54, 1.807) is 6.92 Å². The summed E-state index contributed by atoms with van der Waals surface area (Å²) in [5.41, 5.74) is 0.939. The summed E-state index contributed by atoms with van der Waals surface area (Å²) >= 11 is 1.42. The minimum atomic E-state index is -0.274. The zero-order chi connectivity index (χ0) is 13.0. The Morgan fingerprint density at radius 3 is 3.00 bits per heavy atom. The SMILES string of the molecule is CCOC(=O)c1cc2ccc(NCCO)cc2s1. The van der Waals surface area contributed by atoms with E-state index in [4.69, 9.17) is 9.84 Å². The second-order valence-corrected chi connectivity index (χ2v) is 4.82. The summed E-state index contributed by atoms with van der Waals surface area (Å²) in [5.74, 6) is -0.274. The first kappa shape index (κ1) is 12.9. The van der Waals surface area contributed by atoms with Crippen molar-refractivity contribution in [2.75, 3.05) is 25.1 Å². The van der Waals surface area contributed by atoms with Gasteiger partial charge in [0, 0.05) is 16.9 Å². The van der Waals surface area contributed by atoms with Crippen LogP contribution in [-0.4, -0.2) is 30.8 Å². The highest BCUT2D eigenvalue weighted by Crippen LogP contribution is 2.28. The molecule has 0 spiro atoms. The molecule has 0 aliphatic rings. The fourth-order valence-electron chi connectivity index (χ4n) is 1.64. The van der Waals surface area contributed by atoms with Crippen LogP contribution in [0.15, 0.2) is 24.3 Å². The number of esters is 1. The van der Waals surface area contributed by atoms with E-state index in [1.807, 2.05) is 24.3 Å². The van der Waals surface area contributed by atoms with Crippen LogP contribution in [-0.2, 0) is 4.74 Å². The first-order valence-corrected chi connectivity index (χ1v) is 6.61. The molecule has 1 aromatic heterocycles. The van der Waals surface area contributed by atoms with Crippen molar-refractivity contribution in [3.63, 3.8) is 0 Å². The lowest BCUT2D eigenvalue weighted by Crippen LogP contribution is -2.04. The minimum absolute atomic E-state index is 0.0938. The molecule has 0 saturated heterocycles. The quantitative estimate of drug-likeness (QED) is 0.815. The highest BCUT2D eigenvalue weighted by Gasteiger charge is 2.11. The standard InChI is InChI=1S/C13H15NO3S/c1-2-17-13(16)12-7-9-3-4-10(14-5-6-15)8-11(9)18-12/h3-4,7-8,14-15H,2,5-6H2,1H3. The summed E-state index contributed by atoms with van der Waals surface area (Å²) < 4.78 is 6.00. The van der Waals surface area contributed by atoms with Gasteiger partial charge < -0.3 is 15.2 Å². The first-order valence-electron chi connectivity index (χ1n) is 5.80. The van der Waals surface area contributed by atoms with Gasteiger partial charge in [-0.3, -0.25) is 0 Å². The van der Waals surface area contributed by atoms with E-state index in [1.165, 1.54) is 11.3 Å². The van der Waals surface area contributed by atoms with Crippen LogP contribution in [0.2, 0.25) is 0 Å². The number of hydrogen-bond acceptors (Lipinski definition) is 5. The molecular weight excluding hydrogens is 250 g/mol. The molecule has 0 bridgehead atoms. The van der Waals surface area contributed by atoms with E-state index < -0.39 is 0 Å². The van der Waals surface area contributed by atoms with Gasteiger partial charge in [0.05, 0.1) is 13.2 Å². The minimum Gasteiger partial charge on any atom is -0.462 e. The summed E-state index contributed by atoms with van der Waals surface area (Å²) in [5, 5.41) is 12.9. The van der Waals surface area contributed by atoms with E-state index in [2.05, 4.69) is 5.32 Å². The van der Waals surface area contributed by atoms with Crippen LogP contribution in [0.1, 0.15) is 16.6 Å². The highest BCUT2D eigenvalue weighted by molar-refractivity contribution is 7.20. The van der Waals surface area contributed by atoms with Gasteiger partial charge in [0.25, 0.3) is 0 Å². The number of rotatable bonds is 5. The van der Waals surface area contributed by atoms with Crippen molar-refractivity contribution in [1.82, 2.24) is 0 Å². The van der Waals surface area contributed by atoms with Gasteiger partial charge in [0.1, 0.15) is 4.88 Å². The molecule has 2 N–H and O–H groups in total. The molecular formula is C13H15NO3S. The third-order valence-corrected chi connectivity index (χ3v) is 3.52. The van der Waals surface area contributed by atoms with Gasteiger partial charge in [-0.2, -0.15) is 0 Å². The first-order chi connectivity index (χ1) is 8.74. The lowest BCUT2D eigenvalue weighted by Gasteiger charge is -2.03. The third kappa shape index (κ3) is 2.80. The number of carbonyl (C=O) groups excluding carboxylic acids is 1. The van der Waals surface area contributed by atoms with Gasteiger partial charge in [-0.15, -0.1) is 11.3 Å². The number of nitrogens with one attached hydrogen (secondary N) is 1. The Bertz CT molecular complexity index is 550. The molecule has 2 rings (SSSR count). The Morgan fingerprint density at radius 2 is 2.28 bits per heavy atom. The molecule has 0 aliphatic carbocycles. The van der Waals surface area contributed by atoms with Crippen molar-refractivity contribution in [3.8, 4) is 0 Å². The molecule has 0 aliphatic heterocycles. The van der Waals surface area contributed by atoms with Crippen LogP contribution in [0.25, 0.3) is 10.1 Å². The van der Waals surface area contributed by atoms with Gasteiger partial charge >= 0.3 is 5.97 Å². The maximum atomic E-state index is 11.6. The predicted molar refractivity (Wildman–Crippen MR) is 73.4 cm³/mol. The molecule has 96 valence electrons. The summed E-state index contributed by atoms with van der Waals surface area (Å²) in [6, 6.07) is 7.69. The highest BCUT2D eigenvalue weighted by atomic mass is 32.1. The Morgan fingerprint density at radius 1 is 1.44 bits per heavy atom. The second kappa shape index (κ2) is 5.84. The number of ether oxygens (including phenoxy) is 1. The van der Waals surface area contributed by atoms with Gasteiger partial charge in [-0.1, -0.05) is 6.07 Å². The molecule has 2 aromatic rings. The largest absolute Gasteiger partial charge is 0.462 e. The Balaban J connectivity index is 2.25. The Labute approximate surface area is 109 Å². The van der Waals surface area contributed by atoms with E-state index in [9.17, 15) is 4.79 Å². The number of anilines is 1. The molecule has 0 radical (unpaired) electrons. The van der Waals surface area contributed by atoms with Crippen LogP contribution in [0.5, 0.6) is 0 Å². The van der Waals surface area contributed by atoms with Crippen LogP contribution in [0.4, 0.5) is 5.69 Å². The molecule has 5 heteroatoms. The van der Waals surface area contributed by atoms with Crippen molar-refractivity contribution >= 4 is 33.1 Å². The van der Waals surface area contributed by atoms with Crippen LogP contribution in [0, 0.1) is 0 Å². The summed E-state index contributed by atoms with van der Waals surface area (Å²) in [6.07, 6.45) is 0. The predicted octanol–water partition coefficient (Wildman–Crippen LogP) is 2.48. The molecule has 1 heterocycles. The summed E-state index contributed by atoms with van der Waals surface area (Å²) in [4.78, 5) is 12.2. The van der Waals surface area contributed by atoms with E-state index >= 15 is 0 Å². The van der Waals surface area contributed by atoms with Gasteiger partial charge in [-0.05, 0) is 30.5 Å². The van der Waals surface area contributed by atoms with Crippen molar-refractivity contribution in [1.29, 1.82) is 0 Å². The van der Waals surface area contributed by atoms with Crippen molar-refractivity contribution in [2.24, 2.45) is 0 Å². The fraction of sp³-hybridized carbons (Fsp3) is 0.308. The number of hydrogen-bond donors (Lipinski definition) is 2. The molecule has 0 amide bonds. The molecule has 4 nitrogen and oxygen atoms in total. The van der Waals surface area contributed by atoms with Crippen molar-refractivity contribution in [2.45, 2.75) is 6.92 Å². The molecule has 1 aromatic carbocycles. The zero-order valence-corrected chi connectivity index (χ0v) is 10.9. The van der Waals surface area contributed by atoms with Crippen molar-refractivity contribution < 1.29 is 14.6 Å². The lowest BCUT2D eigenvalue weighted by atomic mass is 10.2. The van der Waals surface area contributed by atoms with Crippen LogP contribution >= 0.6 is 11.3 Å². The molecule has 0 fully saturated rings. The maximum absolute atomic E-state index is 11.6. The van der Waals surface area contributed by atoms with E-state index in [-0.39, 0.29) is 12.6 Å². The average molecular weight is 265 g/mol. The molecule has 0 atom stereocenters. The zero-order valence-electron chi connectivity index (χ0n) is 10.1. The number of aliphatic hydroxyl groups is 1. The number of aliphatic hydroxyl groups excluding tert-OH is 1.